The summed E-state index contributed by atoms with van der Waals surface area (Å²) in [5, 5.41) is 8.11. The maximum absolute atomic E-state index is 6.07. The first-order chi connectivity index (χ1) is 9.10. The van der Waals surface area contributed by atoms with E-state index in [4.69, 9.17) is 16.3 Å². The number of rotatable bonds is 5. The number of ether oxygens (including phenoxy) is 1. The molecule has 0 spiro atoms. The molecule has 1 heterocycles. The highest BCUT2D eigenvalue weighted by atomic mass is 79.9. The first-order valence-corrected chi connectivity index (χ1v) is 7.10. The van der Waals surface area contributed by atoms with Gasteiger partial charge in [-0.3, -0.25) is 4.68 Å². The molecular weight excluding hydrogens is 330 g/mol. The molecule has 0 atom stereocenters. The molecule has 1 aromatic carbocycles. The molecule has 0 aliphatic rings. The second-order valence-corrected chi connectivity index (χ2v) is 5.36. The zero-order valence-electron chi connectivity index (χ0n) is 10.8. The van der Waals surface area contributed by atoms with Crippen LogP contribution >= 0.6 is 27.5 Å². The molecule has 19 heavy (non-hydrogen) atoms. The third-order valence-corrected chi connectivity index (χ3v) is 3.35. The van der Waals surface area contributed by atoms with E-state index in [1.165, 1.54) is 0 Å². The molecule has 6 heteroatoms. The number of nitrogens with zero attached hydrogens (tertiary/aromatic N) is 2. The molecule has 0 saturated carbocycles. The molecule has 0 unspecified atom stereocenters. The van der Waals surface area contributed by atoms with E-state index < -0.39 is 0 Å². The van der Waals surface area contributed by atoms with E-state index in [2.05, 4.69) is 26.3 Å². The van der Waals surface area contributed by atoms with Crippen molar-refractivity contribution in [2.24, 2.45) is 7.05 Å². The van der Waals surface area contributed by atoms with E-state index in [1.54, 1.807) is 4.68 Å². The Labute approximate surface area is 125 Å². The van der Waals surface area contributed by atoms with E-state index in [0.29, 0.717) is 18.2 Å². The highest BCUT2D eigenvalue weighted by molar-refractivity contribution is 9.10. The minimum absolute atomic E-state index is 0.599. The first kappa shape index (κ1) is 14.2. The third-order valence-electron chi connectivity index (χ3n) is 2.54. The van der Waals surface area contributed by atoms with Gasteiger partial charge in [0.05, 0.1) is 23.0 Å². The molecule has 0 saturated heterocycles. The van der Waals surface area contributed by atoms with E-state index in [1.807, 2.05) is 38.5 Å². The fourth-order valence-corrected chi connectivity index (χ4v) is 2.67. The summed E-state index contributed by atoms with van der Waals surface area (Å²) >= 11 is 9.53. The Morgan fingerprint density at radius 3 is 2.89 bits per heavy atom. The number of hydrogen-bond acceptors (Lipinski definition) is 3. The molecule has 0 bridgehead atoms. The van der Waals surface area contributed by atoms with Crippen LogP contribution in [0.3, 0.4) is 0 Å². The van der Waals surface area contributed by atoms with E-state index in [9.17, 15) is 0 Å². The molecule has 1 aromatic heterocycles. The molecule has 0 radical (unpaired) electrons. The van der Waals surface area contributed by atoms with E-state index in [-0.39, 0.29) is 0 Å². The lowest BCUT2D eigenvalue weighted by molar-refractivity contribution is 0.339. The topological polar surface area (TPSA) is 39.1 Å². The van der Waals surface area contributed by atoms with Gasteiger partial charge in [-0.25, -0.2) is 0 Å². The van der Waals surface area contributed by atoms with Crippen LogP contribution in [0.2, 0.25) is 5.02 Å². The zero-order valence-corrected chi connectivity index (χ0v) is 13.1. The summed E-state index contributed by atoms with van der Waals surface area (Å²) in [7, 11) is 1.89. The van der Waals surface area contributed by atoms with Gasteiger partial charge in [0.15, 0.2) is 5.75 Å². The van der Waals surface area contributed by atoms with Crippen molar-refractivity contribution in [2.45, 2.75) is 13.5 Å². The Morgan fingerprint density at radius 2 is 2.26 bits per heavy atom. The minimum Gasteiger partial charge on any atom is -0.491 e. The summed E-state index contributed by atoms with van der Waals surface area (Å²) in [6.07, 6.45) is 3.79. The molecule has 4 nitrogen and oxygen atoms in total. The number of hydrogen-bond donors (Lipinski definition) is 1. The van der Waals surface area contributed by atoms with Crippen LogP contribution in [0.15, 0.2) is 29.0 Å². The van der Waals surface area contributed by atoms with Crippen molar-refractivity contribution in [3.63, 3.8) is 0 Å². The van der Waals surface area contributed by atoms with Gasteiger partial charge in [0.1, 0.15) is 0 Å². The highest BCUT2D eigenvalue weighted by Crippen LogP contribution is 2.36. The van der Waals surface area contributed by atoms with Gasteiger partial charge >= 0.3 is 0 Å². The molecule has 0 aliphatic heterocycles. The largest absolute Gasteiger partial charge is 0.491 e. The summed E-state index contributed by atoms with van der Waals surface area (Å²) in [6, 6.07) is 3.68. The van der Waals surface area contributed by atoms with Crippen molar-refractivity contribution in [2.75, 3.05) is 11.9 Å². The zero-order chi connectivity index (χ0) is 13.8. The number of anilines is 1. The molecule has 1 N–H and O–H groups in total. The summed E-state index contributed by atoms with van der Waals surface area (Å²) in [4.78, 5) is 0. The van der Waals surface area contributed by atoms with Crippen LogP contribution in [0.25, 0.3) is 0 Å². The van der Waals surface area contributed by atoms with E-state index in [0.717, 1.165) is 21.5 Å². The summed E-state index contributed by atoms with van der Waals surface area (Å²) in [6.45, 7) is 3.22. The van der Waals surface area contributed by atoms with Gasteiger partial charge < -0.3 is 10.1 Å². The Kier molecular flexibility index (Phi) is 4.71. The Morgan fingerprint density at radius 1 is 1.47 bits per heavy atom. The van der Waals surface area contributed by atoms with Crippen LogP contribution in [0.4, 0.5) is 5.69 Å². The van der Waals surface area contributed by atoms with Crippen molar-refractivity contribution in [3.8, 4) is 5.75 Å². The average molecular weight is 345 g/mol. The smallest absolute Gasteiger partial charge is 0.156 e. The second kappa shape index (κ2) is 6.30. The molecular formula is C13H15BrClN3O. The second-order valence-electron chi connectivity index (χ2n) is 4.07. The minimum atomic E-state index is 0.599. The fourth-order valence-electron chi connectivity index (χ4n) is 1.74. The molecule has 2 aromatic rings. The Bertz CT molecular complexity index is 571. The lowest BCUT2D eigenvalue weighted by Crippen LogP contribution is -2.03. The van der Waals surface area contributed by atoms with Crippen molar-refractivity contribution in [3.05, 3.63) is 39.6 Å². The Balaban J connectivity index is 2.18. The number of aryl methyl sites for hydroxylation is 1. The van der Waals surface area contributed by atoms with Crippen molar-refractivity contribution in [1.82, 2.24) is 9.78 Å². The number of aromatic nitrogens is 2. The van der Waals surface area contributed by atoms with Gasteiger partial charge in [0.2, 0.25) is 0 Å². The maximum atomic E-state index is 6.07. The standard InChI is InChI=1S/C13H15BrClN3O/c1-3-19-13-11(14)4-10(15)5-12(13)16-6-9-7-17-18(2)8-9/h4-5,7-8,16H,3,6H2,1-2H3. The lowest BCUT2D eigenvalue weighted by Gasteiger charge is -2.14. The molecule has 0 aliphatic carbocycles. The number of halogens is 2. The summed E-state index contributed by atoms with van der Waals surface area (Å²) < 4.78 is 8.24. The maximum Gasteiger partial charge on any atom is 0.156 e. The quantitative estimate of drug-likeness (QED) is 0.895. The average Bonchev–Trinajstić information content (AvgIpc) is 2.76. The third kappa shape index (κ3) is 3.64. The van der Waals surface area contributed by atoms with Crippen molar-refractivity contribution in [1.29, 1.82) is 0 Å². The predicted octanol–water partition coefficient (Wildman–Crippen LogP) is 3.85. The Hall–Kier alpha value is -1.20. The SMILES string of the molecule is CCOc1c(Br)cc(Cl)cc1NCc1cnn(C)c1. The number of benzene rings is 1. The van der Waals surface area contributed by atoms with Gasteiger partial charge in [-0.15, -0.1) is 0 Å². The van der Waals surface area contributed by atoms with Gasteiger partial charge in [-0.1, -0.05) is 11.6 Å². The van der Waals surface area contributed by atoms with Crippen LogP contribution < -0.4 is 10.1 Å². The first-order valence-electron chi connectivity index (χ1n) is 5.93. The fraction of sp³-hybridized carbons (Fsp3) is 0.308. The lowest BCUT2D eigenvalue weighted by atomic mass is 10.2. The summed E-state index contributed by atoms with van der Waals surface area (Å²) in [5.41, 5.74) is 1.96. The molecule has 2 rings (SSSR count). The summed E-state index contributed by atoms with van der Waals surface area (Å²) in [5.74, 6) is 0.774. The normalized spacial score (nSPS) is 10.5. The number of nitrogens with one attached hydrogen (secondary N) is 1. The predicted molar refractivity (Wildman–Crippen MR) is 80.9 cm³/mol. The van der Waals surface area contributed by atoms with Crippen LogP contribution in [-0.4, -0.2) is 16.4 Å². The molecule has 0 fully saturated rings. The van der Waals surface area contributed by atoms with Crippen LogP contribution in [0.5, 0.6) is 5.75 Å². The van der Waals surface area contributed by atoms with Gasteiger partial charge in [0, 0.05) is 30.4 Å². The van der Waals surface area contributed by atoms with Crippen LogP contribution in [0, 0.1) is 0 Å². The molecule has 0 amide bonds. The van der Waals surface area contributed by atoms with E-state index >= 15 is 0 Å². The van der Waals surface area contributed by atoms with Crippen molar-refractivity contribution >= 4 is 33.2 Å². The van der Waals surface area contributed by atoms with Crippen LogP contribution in [0.1, 0.15) is 12.5 Å². The van der Waals surface area contributed by atoms with Gasteiger partial charge in [-0.2, -0.15) is 5.10 Å². The van der Waals surface area contributed by atoms with Gasteiger partial charge in [-0.05, 0) is 35.0 Å². The van der Waals surface area contributed by atoms with Gasteiger partial charge in [0.25, 0.3) is 0 Å². The molecule has 102 valence electrons. The van der Waals surface area contributed by atoms with Crippen molar-refractivity contribution < 1.29 is 4.74 Å². The van der Waals surface area contributed by atoms with Crippen LogP contribution in [-0.2, 0) is 13.6 Å². The monoisotopic (exact) mass is 343 g/mol. The highest BCUT2D eigenvalue weighted by Gasteiger charge is 2.10.